The average molecular weight is 286 g/mol. The Hall–Kier alpha value is -1.36. The molecule has 0 atom stereocenters. The second kappa shape index (κ2) is 4.65. The van der Waals surface area contributed by atoms with Gasteiger partial charge in [0.05, 0.1) is 5.56 Å². The zero-order valence-corrected chi connectivity index (χ0v) is 10.5. The molecule has 0 bridgehead atoms. The molecule has 0 aliphatic carbocycles. The van der Waals surface area contributed by atoms with Crippen molar-refractivity contribution in [3.8, 4) is 0 Å². The molecule has 5 heteroatoms. The lowest BCUT2D eigenvalue weighted by Crippen LogP contribution is -2.49. The number of carbonyl (C=O) groups is 2. The Labute approximate surface area is 102 Å². The molecule has 0 spiro atoms. The van der Waals surface area contributed by atoms with Crippen molar-refractivity contribution < 1.29 is 14.7 Å². The molecule has 0 aliphatic heterocycles. The van der Waals surface area contributed by atoms with E-state index in [-0.39, 0.29) is 0 Å². The highest BCUT2D eigenvalue weighted by atomic mass is 79.9. The van der Waals surface area contributed by atoms with Crippen LogP contribution in [0.5, 0.6) is 0 Å². The standard InChI is InChI=1S/C11H12BrNO3/c1-11(2,10(15)16)13-9(14)7-5-3-4-6-8(7)12/h3-6H,1-2H3,(H,13,14)(H,15,16). The van der Waals surface area contributed by atoms with Crippen LogP contribution in [0.1, 0.15) is 24.2 Å². The van der Waals surface area contributed by atoms with Gasteiger partial charge in [0.15, 0.2) is 0 Å². The molecular formula is C11H12BrNO3. The van der Waals surface area contributed by atoms with Crippen LogP contribution in [0.4, 0.5) is 0 Å². The quantitative estimate of drug-likeness (QED) is 0.893. The smallest absolute Gasteiger partial charge is 0.328 e. The van der Waals surface area contributed by atoms with Gasteiger partial charge in [-0.2, -0.15) is 0 Å². The highest BCUT2D eigenvalue weighted by Gasteiger charge is 2.29. The molecule has 0 fully saturated rings. The van der Waals surface area contributed by atoms with Gasteiger partial charge in [-0.1, -0.05) is 12.1 Å². The van der Waals surface area contributed by atoms with Gasteiger partial charge in [0, 0.05) is 4.47 Å². The van der Waals surface area contributed by atoms with Gasteiger partial charge in [-0.05, 0) is 41.9 Å². The van der Waals surface area contributed by atoms with Crippen molar-refractivity contribution >= 4 is 27.8 Å². The molecule has 0 unspecified atom stereocenters. The largest absolute Gasteiger partial charge is 0.480 e. The fourth-order valence-electron chi connectivity index (χ4n) is 1.05. The molecule has 1 aromatic carbocycles. The number of benzene rings is 1. The number of carboxylic acids is 1. The maximum Gasteiger partial charge on any atom is 0.328 e. The van der Waals surface area contributed by atoms with Gasteiger partial charge in [-0.3, -0.25) is 4.79 Å². The van der Waals surface area contributed by atoms with Crippen molar-refractivity contribution in [2.75, 3.05) is 0 Å². The molecule has 1 amide bonds. The van der Waals surface area contributed by atoms with Crippen LogP contribution in [-0.2, 0) is 4.79 Å². The summed E-state index contributed by atoms with van der Waals surface area (Å²) in [5.74, 6) is -1.49. The first-order valence-electron chi connectivity index (χ1n) is 4.65. The van der Waals surface area contributed by atoms with Gasteiger partial charge in [-0.15, -0.1) is 0 Å². The molecule has 0 heterocycles. The number of hydrogen-bond acceptors (Lipinski definition) is 2. The van der Waals surface area contributed by atoms with Gasteiger partial charge in [0.1, 0.15) is 5.54 Å². The fourth-order valence-corrected chi connectivity index (χ4v) is 1.51. The van der Waals surface area contributed by atoms with Crippen molar-refractivity contribution in [2.45, 2.75) is 19.4 Å². The number of carboxylic acid groups (broad SMARTS) is 1. The number of rotatable bonds is 3. The molecule has 4 nitrogen and oxygen atoms in total. The van der Waals surface area contributed by atoms with Crippen LogP contribution in [0.3, 0.4) is 0 Å². The Morgan fingerprint density at radius 2 is 1.88 bits per heavy atom. The van der Waals surface area contributed by atoms with E-state index in [9.17, 15) is 9.59 Å². The number of amides is 1. The summed E-state index contributed by atoms with van der Waals surface area (Å²) >= 11 is 3.23. The number of nitrogens with one attached hydrogen (secondary N) is 1. The van der Waals surface area contributed by atoms with Gasteiger partial charge in [0.25, 0.3) is 5.91 Å². The molecule has 2 N–H and O–H groups in total. The predicted octanol–water partition coefficient (Wildman–Crippen LogP) is 2.04. The van der Waals surface area contributed by atoms with Crippen molar-refractivity contribution in [3.05, 3.63) is 34.3 Å². The molecular weight excluding hydrogens is 274 g/mol. The van der Waals surface area contributed by atoms with E-state index in [2.05, 4.69) is 21.2 Å². The number of aliphatic carboxylic acids is 1. The van der Waals surface area contributed by atoms with E-state index in [1.807, 2.05) is 0 Å². The van der Waals surface area contributed by atoms with E-state index in [0.29, 0.717) is 10.0 Å². The maximum atomic E-state index is 11.8. The van der Waals surface area contributed by atoms with Gasteiger partial charge < -0.3 is 10.4 Å². The van der Waals surface area contributed by atoms with Crippen LogP contribution in [0.2, 0.25) is 0 Å². The summed E-state index contributed by atoms with van der Waals surface area (Å²) in [6.45, 7) is 2.87. The van der Waals surface area contributed by atoms with Crippen LogP contribution < -0.4 is 5.32 Å². The minimum absolute atomic E-state index is 0.414. The van der Waals surface area contributed by atoms with E-state index in [0.717, 1.165) is 0 Å². The lowest BCUT2D eigenvalue weighted by molar-refractivity contribution is -0.143. The first-order valence-corrected chi connectivity index (χ1v) is 5.44. The highest BCUT2D eigenvalue weighted by Crippen LogP contribution is 2.16. The Morgan fingerprint density at radius 3 is 2.38 bits per heavy atom. The SMILES string of the molecule is CC(C)(NC(=O)c1ccccc1Br)C(=O)O. The third kappa shape index (κ3) is 2.82. The maximum absolute atomic E-state index is 11.8. The van der Waals surface area contributed by atoms with Crippen molar-refractivity contribution in [1.82, 2.24) is 5.32 Å². The summed E-state index contributed by atoms with van der Waals surface area (Å²) in [5.41, 5.74) is -0.872. The molecule has 0 aromatic heterocycles. The number of hydrogen-bond donors (Lipinski definition) is 2. The summed E-state index contributed by atoms with van der Waals surface area (Å²) < 4.78 is 0.633. The molecule has 16 heavy (non-hydrogen) atoms. The van der Waals surface area contributed by atoms with Crippen molar-refractivity contribution in [2.24, 2.45) is 0 Å². The zero-order valence-electron chi connectivity index (χ0n) is 8.95. The van der Waals surface area contributed by atoms with Crippen LogP contribution >= 0.6 is 15.9 Å². The van der Waals surface area contributed by atoms with Gasteiger partial charge in [-0.25, -0.2) is 4.79 Å². The van der Waals surface area contributed by atoms with Crippen LogP contribution in [0.15, 0.2) is 28.7 Å². The van der Waals surface area contributed by atoms with Crippen LogP contribution in [-0.4, -0.2) is 22.5 Å². The summed E-state index contributed by atoms with van der Waals surface area (Å²) in [6, 6.07) is 6.84. The van der Waals surface area contributed by atoms with Crippen LogP contribution in [0.25, 0.3) is 0 Å². The molecule has 0 aliphatic rings. The molecule has 1 aromatic rings. The fraction of sp³-hybridized carbons (Fsp3) is 0.273. The first kappa shape index (κ1) is 12.7. The summed E-state index contributed by atoms with van der Waals surface area (Å²) in [6.07, 6.45) is 0. The molecule has 0 saturated heterocycles. The third-order valence-corrected chi connectivity index (χ3v) is 2.77. The molecule has 86 valence electrons. The third-order valence-electron chi connectivity index (χ3n) is 2.08. The van der Waals surface area contributed by atoms with Crippen molar-refractivity contribution in [3.63, 3.8) is 0 Å². The van der Waals surface area contributed by atoms with E-state index < -0.39 is 17.4 Å². The van der Waals surface area contributed by atoms with E-state index in [1.165, 1.54) is 13.8 Å². The van der Waals surface area contributed by atoms with E-state index in [1.54, 1.807) is 24.3 Å². The predicted molar refractivity (Wildman–Crippen MR) is 63.3 cm³/mol. The monoisotopic (exact) mass is 285 g/mol. The number of carbonyl (C=O) groups excluding carboxylic acids is 1. The molecule has 1 rings (SSSR count). The Balaban J connectivity index is 2.89. The van der Waals surface area contributed by atoms with E-state index in [4.69, 9.17) is 5.11 Å². The molecule has 0 saturated carbocycles. The summed E-state index contributed by atoms with van der Waals surface area (Å²) in [4.78, 5) is 22.6. The summed E-state index contributed by atoms with van der Waals surface area (Å²) in [5, 5.41) is 11.3. The second-order valence-electron chi connectivity index (χ2n) is 3.86. The highest BCUT2D eigenvalue weighted by molar-refractivity contribution is 9.10. The molecule has 0 radical (unpaired) electrons. The lowest BCUT2D eigenvalue weighted by atomic mass is 10.1. The topological polar surface area (TPSA) is 66.4 Å². The second-order valence-corrected chi connectivity index (χ2v) is 4.72. The Kier molecular flexibility index (Phi) is 3.70. The Morgan fingerprint density at radius 1 is 1.31 bits per heavy atom. The number of halogens is 1. The summed E-state index contributed by atoms with van der Waals surface area (Å²) in [7, 11) is 0. The zero-order chi connectivity index (χ0) is 12.3. The minimum Gasteiger partial charge on any atom is -0.480 e. The average Bonchev–Trinajstić information content (AvgIpc) is 2.17. The first-order chi connectivity index (χ1) is 7.34. The van der Waals surface area contributed by atoms with Gasteiger partial charge in [0.2, 0.25) is 0 Å². The van der Waals surface area contributed by atoms with Crippen LogP contribution in [0, 0.1) is 0 Å². The normalized spacial score (nSPS) is 10.9. The lowest BCUT2D eigenvalue weighted by Gasteiger charge is -2.21. The van der Waals surface area contributed by atoms with Gasteiger partial charge >= 0.3 is 5.97 Å². The Bertz CT molecular complexity index is 429. The minimum atomic E-state index is -1.29. The van der Waals surface area contributed by atoms with E-state index >= 15 is 0 Å². The van der Waals surface area contributed by atoms with Crippen molar-refractivity contribution in [1.29, 1.82) is 0 Å².